The van der Waals surface area contributed by atoms with E-state index in [1.165, 1.54) is 51.4 Å². The van der Waals surface area contributed by atoms with Crippen LogP contribution < -0.4 is 0 Å². The number of halogens is 1. The Bertz CT molecular complexity index is 241. The first-order chi connectivity index (χ1) is 10.7. The summed E-state index contributed by atoms with van der Waals surface area (Å²) in [5, 5.41) is 0. The predicted octanol–water partition coefficient (Wildman–Crippen LogP) is 5.96. The molecule has 0 aromatic heterocycles. The lowest BCUT2D eigenvalue weighted by molar-refractivity contribution is 0.148. The van der Waals surface area contributed by atoms with E-state index in [0.29, 0.717) is 11.8 Å². The second-order valence-corrected chi connectivity index (χ2v) is 8.23. The van der Waals surface area contributed by atoms with Crippen LogP contribution in [0.5, 0.6) is 0 Å². The van der Waals surface area contributed by atoms with Crippen LogP contribution in [0.15, 0.2) is 11.2 Å². The molecule has 0 radical (unpaired) electrons. The fourth-order valence-corrected chi connectivity index (χ4v) is 4.19. The van der Waals surface area contributed by atoms with Crippen molar-refractivity contribution in [2.24, 2.45) is 11.8 Å². The molecule has 0 N–H and O–H groups in total. The van der Waals surface area contributed by atoms with Gasteiger partial charge in [-0.25, -0.2) is 0 Å². The van der Waals surface area contributed by atoms with E-state index in [4.69, 9.17) is 20.5 Å². The summed E-state index contributed by atoms with van der Waals surface area (Å²) in [5.41, 5.74) is 3.51. The Kier molecular flexibility index (Phi) is 16.2. The highest BCUT2D eigenvalue weighted by Crippen LogP contribution is 2.16. The molecule has 0 aromatic carbocycles. The zero-order valence-electron chi connectivity index (χ0n) is 15.2. The molecular formula is C18H37ClO2Si. The third-order valence-electron chi connectivity index (χ3n) is 4.31. The average Bonchev–Trinajstić information content (AvgIpc) is 2.54. The van der Waals surface area contributed by atoms with Gasteiger partial charge in [0.1, 0.15) is 0 Å². The van der Waals surface area contributed by atoms with E-state index in [0.717, 1.165) is 13.2 Å². The molecule has 0 saturated carbocycles. The lowest BCUT2D eigenvalue weighted by atomic mass is 10.0. The van der Waals surface area contributed by atoms with Gasteiger partial charge in [0.15, 0.2) is 0 Å². The first-order valence-electron chi connectivity index (χ1n) is 9.21. The van der Waals surface area contributed by atoms with Crippen LogP contribution in [0.4, 0.5) is 0 Å². The molecule has 0 aromatic rings. The smallest absolute Gasteiger partial charge is 0.349 e. The van der Waals surface area contributed by atoms with Crippen molar-refractivity contribution in [1.29, 1.82) is 0 Å². The number of unbranched alkanes of at least 4 members (excludes halogenated alkanes) is 2. The summed E-state index contributed by atoms with van der Waals surface area (Å²) >= 11 is 5.76. The molecule has 0 aliphatic carbocycles. The third kappa shape index (κ3) is 11.7. The highest BCUT2D eigenvalue weighted by atomic mass is 35.5. The maximum absolute atomic E-state index is 6.08. The molecule has 132 valence electrons. The molecule has 22 heavy (non-hydrogen) atoms. The van der Waals surface area contributed by atoms with E-state index in [1.54, 1.807) is 5.54 Å². The van der Waals surface area contributed by atoms with Crippen LogP contribution >= 0.6 is 11.6 Å². The fourth-order valence-electron chi connectivity index (χ4n) is 2.48. The van der Waals surface area contributed by atoms with Gasteiger partial charge in [0.05, 0.1) is 0 Å². The van der Waals surface area contributed by atoms with Crippen LogP contribution in [0.1, 0.15) is 79.1 Å². The van der Waals surface area contributed by atoms with Crippen LogP contribution in [0.3, 0.4) is 0 Å². The summed E-state index contributed by atoms with van der Waals surface area (Å²) in [6.45, 7) is 10.6. The Hall–Kier alpha value is 0.167. The summed E-state index contributed by atoms with van der Waals surface area (Å²) in [4.78, 5) is 0. The van der Waals surface area contributed by atoms with Gasteiger partial charge in [0.2, 0.25) is 0 Å². The molecule has 0 spiro atoms. The van der Waals surface area contributed by atoms with E-state index >= 15 is 0 Å². The Morgan fingerprint density at radius 1 is 0.864 bits per heavy atom. The van der Waals surface area contributed by atoms with Crippen LogP contribution in [0, 0.1) is 11.8 Å². The summed E-state index contributed by atoms with van der Waals surface area (Å²) < 4.78 is 12.2. The second-order valence-electron chi connectivity index (χ2n) is 6.19. The Morgan fingerprint density at radius 3 is 1.64 bits per heavy atom. The Balaban J connectivity index is 4.17. The molecule has 0 aliphatic rings. The molecule has 0 saturated heterocycles. The van der Waals surface area contributed by atoms with Gasteiger partial charge in [0, 0.05) is 18.7 Å². The summed E-state index contributed by atoms with van der Waals surface area (Å²) in [6, 6.07) is 0. The first-order valence-corrected chi connectivity index (χ1v) is 11.3. The molecule has 0 heterocycles. The minimum absolute atomic E-state index is 0.657. The maximum Gasteiger partial charge on any atom is 0.349 e. The van der Waals surface area contributed by atoms with Gasteiger partial charge in [0.25, 0.3) is 0 Å². The largest absolute Gasteiger partial charge is 0.393 e. The zero-order chi connectivity index (χ0) is 16.6. The number of rotatable bonds is 15. The standard InChI is InChI=1S/C18H37ClO2Si/c1-5-9-11-17(7-3)15-20-22(14-13-19)21-16-18(8-4)12-10-6-2/h13-14,17-18,22H,5-12,15-16H2,1-4H3. The van der Waals surface area contributed by atoms with Gasteiger partial charge >= 0.3 is 9.28 Å². The first kappa shape index (κ1) is 22.2. The zero-order valence-corrected chi connectivity index (χ0v) is 17.1. The van der Waals surface area contributed by atoms with Crippen molar-refractivity contribution in [2.75, 3.05) is 13.2 Å². The summed E-state index contributed by atoms with van der Waals surface area (Å²) in [6.07, 6.45) is 9.96. The number of hydrogen-bond acceptors (Lipinski definition) is 2. The van der Waals surface area contributed by atoms with Crippen molar-refractivity contribution in [3.63, 3.8) is 0 Å². The molecule has 0 bridgehead atoms. The van der Waals surface area contributed by atoms with E-state index in [-0.39, 0.29) is 0 Å². The van der Waals surface area contributed by atoms with Crippen molar-refractivity contribution in [1.82, 2.24) is 0 Å². The highest BCUT2D eigenvalue weighted by Gasteiger charge is 2.15. The van der Waals surface area contributed by atoms with E-state index in [1.807, 2.05) is 5.70 Å². The molecule has 0 amide bonds. The molecule has 4 heteroatoms. The minimum atomic E-state index is -1.75. The van der Waals surface area contributed by atoms with E-state index in [2.05, 4.69) is 27.7 Å². The van der Waals surface area contributed by atoms with Gasteiger partial charge in [-0.15, -0.1) is 0 Å². The lowest BCUT2D eigenvalue weighted by Gasteiger charge is -2.21. The van der Waals surface area contributed by atoms with Gasteiger partial charge in [-0.05, 0) is 30.4 Å². The molecule has 2 atom stereocenters. The normalized spacial score (nSPS) is 16.0. The SMILES string of the molecule is CCCCC(CC)CO[SiH](C=CCl)OCC(CC)CCCC. The van der Waals surface area contributed by atoms with Crippen LogP contribution in [-0.2, 0) is 8.85 Å². The van der Waals surface area contributed by atoms with Crippen LogP contribution in [0.25, 0.3) is 0 Å². The predicted molar refractivity (Wildman–Crippen MR) is 101 cm³/mol. The molecule has 0 rings (SSSR count). The lowest BCUT2D eigenvalue weighted by Crippen LogP contribution is -2.27. The fraction of sp³-hybridized carbons (Fsp3) is 0.889. The summed E-state index contributed by atoms with van der Waals surface area (Å²) in [5.74, 6) is 1.31. The maximum atomic E-state index is 6.08. The second kappa shape index (κ2) is 16.0. The van der Waals surface area contributed by atoms with Crippen LogP contribution in [-0.4, -0.2) is 22.5 Å². The van der Waals surface area contributed by atoms with E-state index < -0.39 is 9.28 Å². The molecule has 2 unspecified atom stereocenters. The Labute approximate surface area is 145 Å². The van der Waals surface area contributed by atoms with Crippen molar-refractivity contribution < 1.29 is 8.85 Å². The topological polar surface area (TPSA) is 18.5 Å². The van der Waals surface area contributed by atoms with Gasteiger partial charge < -0.3 is 8.85 Å². The van der Waals surface area contributed by atoms with Gasteiger partial charge in [-0.1, -0.05) is 77.8 Å². The molecule has 0 aliphatic heterocycles. The highest BCUT2D eigenvalue weighted by molar-refractivity contribution is 6.52. The quantitative estimate of drug-likeness (QED) is 0.340. The number of hydrogen-bond donors (Lipinski definition) is 0. The van der Waals surface area contributed by atoms with Crippen LogP contribution in [0.2, 0.25) is 0 Å². The average molecular weight is 349 g/mol. The Morgan fingerprint density at radius 2 is 1.32 bits per heavy atom. The van der Waals surface area contributed by atoms with Gasteiger partial charge in [-0.3, -0.25) is 0 Å². The van der Waals surface area contributed by atoms with Crippen molar-refractivity contribution >= 4 is 20.9 Å². The molecule has 0 fully saturated rings. The molecular weight excluding hydrogens is 312 g/mol. The van der Waals surface area contributed by atoms with Crippen molar-refractivity contribution in [3.05, 3.63) is 11.2 Å². The van der Waals surface area contributed by atoms with E-state index in [9.17, 15) is 0 Å². The molecule has 2 nitrogen and oxygen atoms in total. The summed E-state index contributed by atoms with van der Waals surface area (Å²) in [7, 11) is -1.75. The van der Waals surface area contributed by atoms with Gasteiger partial charge in [-0.2, -0.15) is 0 Å². The minimum Gasteiger partial charge on any atom is -0.393 e. The van der Waals surface area contributed by atoms with Crippen molar-refractivity contribution in [3.8, 4) is 0 Å². The monoisotopic (exact) mass is 348 g/mol. The third-order valence-corrected chi connectivity index (χ3v) is 6.25. The van der Waals surface area contributed by atoms with Crippen molar-refractivity contribution in [2.45, 2.75) is 79.1 Å².